The van der Waals surface area contributed by atoms with Gasteiger partial charge in [0.1, 0.15) is 0 Å². The van der Waals surface area contributed by atoms with Crippen LogP contribution in [0.1, 0.15) is 30.9 Å². The van der Waals surface area contributed by atoms with E-state index >= 15 is 0 Å². The van der Waals surface area contributed by atoms with Gasteiger partial charge in [0.15, 0.2) is 0 Å². The van der Waals surface area contributed by atoms with Crippen molar-refractivity contribution in [1.29, 1.82) is 0 Å². The highest BCUT2D eigenvalue weighted by Gasteiger charge is 2.39. The smallest absolute Gasteiger partial charge is 0.395 e. The van der Waals surface area contributed by atoms with Crippen LogP contribution < -0.4 is 5.32 Å². The van der Waals surface area contributed by atoms with Crippen molar-refractivity contribution in [3.63, 3.8) is 0 Å². The van der Waals surface area contributed by atoms with E-state index in [4.69, 9.17) is 0 Å². The van der Waals surface area contributed by atoms with E-state index in [0.29, 0.717) is 12.0 Å². The average molecular weight is 289 g/mol. The number of aliphatic hydroxyl groups excluding tert-OH is 1. The summed E-state index contributed by atoms with van der Waals surface area (Å²) < 4.78 is 37.6. The largest absolute Gasteiger partial charge is 0.416 e. The van der Waals surface area contributed by atoms with Gasteiger partial charge in [-0.2, -0.15) is 13.2 Å². The van der Waals surface area contributed by atoms with Crippen molar-refractivity contribution in [2.24, 2.45) is 0 Å². The fourth-order valence-corrected chi connectivity index (χ4v) is 2.84. The van der Waals surface area contributed by atoms with Gasteiger partial charge >= 0.3 is 6.18 Å². The van der Waals surface area contributed by atoms with E-state index in [0.717, 1.165) is 12.1 Å². The van der Waals surface area contributed by atoms with Crippen LogP contribution in [0.15, 0.2) is 24.3 Å². The SMILES string of the molecule is CC1CC(O)(c2ccc(C(F)(F)F)cc2)CC(CO)N1. The molecule has 0 spiro atoms. The molecule has 3 N–H and O–H groups in total. The predicted octanol–water partition coefficient (Wildman–Crippen LogP) is 2.03. The van der Waals surface area contributed by atoms with Crippen molar-refractivity contribution in [3.8, 4) is 0 Å². The lowest BCUT2D eigenvalue weighted by Crippen LogP contribution is -2.52. The van der Waals surface area contributed by atoms with Gasteiger partial charge in [-0.1, -0.05) is 12.1 Å². The Morgan fingerprint density at radius 3 is 2.35 bits per heavy atom. The molecule has 1 aliphatic rings. The molecule has 0 amide bonds. The third-order valence-electron chi connectivity index (χ3n) is 3.72. The Hall–Kier alpha value is -1.11. The average Bonchev–Trinajstić information content (AvgIpc) is 2.37. The summed E-state index contributed by atoms with van der Waals surface area (Å²) in [5.41, 5.74) is -1.48. The maximum absolute atomic E-state index is 12.5. The lowest BCUT2D eigenvalue weighted by molar-refractivity contribution is -0.137. The summed E-state index contributed by atoms with van der Waals surface area (Å²) in [7, 11) is 0. The Balaban J connectivity index is 2.25. The first-order valence-electron chi connectivity index (χ1n) is 6.51. The van der Waals surface area contributed by atoms with Crippen molar-refractivity contribution in [3.05, 3.63) is 35.4 Å². The Morgan fingerprint density at radius 1 is 1.25 bits per heavy atom. The molecule has 0 aliphatic carbocycles. The van der Waals surface area contributed by atoms with E-state index in [-0.39, 0.29) is 25.1 Å². The Morgan fingerprint density at radius 2 is 1.85 bits per heavy atom. The molecule has 3 unspecified atom stereocenters. The molecule has 2 rings (SSSR count). The molecule has 3 nitrogen and oxygen atoms in total. The molecule has 1 aromatic carbocycles. The van der Waals surface area contributed by atoms with Crippen molar-refractivity contribution in [2.75, 3.05) is 6.61 Å². The van der Waals surface area contributed by atoms with Gasteiger partial charge in [-0.15, -0.1) is 0 Å². The summed E-state index contributed by atoms with van der Waals surface area (Å²) in [5, 5.41) is 23.0. The third kappa shape index (κ3) is 3.13. The highest BCUT2D eigenvalue weighted by atomic mass is 19.4. The van der Waals surface area contributed by atoms with Crippen molar-refractivity contribution >= 4 is 0 Å². The summed E-state index contributed by atoms with van der Waals surface area (Å²) in [5.74, 6) is 0. The van der Waals surface area contributed by atoms with E-state index in [2.05, 4.69) is 5.32 Å². The summed E-state index contributed by atoms with van der Waals surface area (Å²) in [6.45, 7) is 1.75. The third-order valence-corrected chi connectivity index (χ3v) is 3.72. The first-order chi connectivity index (χ1) is 9.24. The van der Waals surface area contributed by atoms with E-state index < -0.39 is 17.3 Å². The van der Waals surface area contributed by atoms with Gasteiger partial charge in [-0.05, 0) is 37.5 Å². The molecule has 3 atom stereocenters. The van der Waals surface area contributed by atoms with Crippen molar-refractivity contribution < 1.29 is 23.4 Å². The minimum atomic E-state index is -4.38. The zero-order valence-electron chi connectivity index (χ0n) is 11.1. The minimum absolute atomic E-state index is 0.0202. The van der Waals surface area contributed by atoms with Gasteiger partial charge < -0.3 is 15.5 Å². The summed E-state index contributed by atoms with van der Waals surface area (Å²) in [6, 6.07) is 4.31. The molecule has 20 heavy (non-hydrogen) atoms. The molecular formula is C14H18F3NO2. The maximum atomic E-state index is 12.5. The van der Waals surface area contributed by atoms with Gasteiger partial charge in [0.05, 0.1) is 17.8 Å². The maximum Gasteiger partial charge on any atom is 0.416 e. The molecule has 0 saturated carbocycles. The molecule has 1 saturated heterocycles. The van der Waals surface area contributed by atoms with Crippen LogP contribution in [-0.2, 0) is 11.8 Å². The molecule has 1 aliphatic heterocycles. The second-order valence-electron chi connectivity index (χ2n) is 5.46. The second-order valence-corrected chi connectivity index (χ2v) is 5.46. The van der Waals surface area contributed by atoms with Gasteiger partial charge in [-0.3, -0.25) is 0 Å². The van der Waals surface area contributed by atoms with E-state index in [1.54, 1.807) is 0 Å². The topological polar surface area (TPSA) is 52.5 Å². The number of hydrogen-bond acceptors (Lipinski definition) is 3. The normalized spacial score (nSPS) is 31.3. The quantitative estimate of drug-likeness (QED) is 0.781. The van der Waals surface area contributed by atoms with Gasteiger partial charge in [0.2, 0.25) is 0 Å². The fourth-order valence-electron chi connectivity index (χ4n) is 2.84. The predicted molar refractivity (Wildman–Crippen MR) is 68.0 cm³/mol. The summed E-state index contributed by atoms with van der Waals surface area (Å²) in [6.07, 6.45) is -3.70. The number of alkyl halides is 3. The van der Waals surface area contributed by atoms with Crippen molar-refractivity contribution in [2.45, 2.75) is 43.6 Å². The Labute approximate surface area is 115 Å². The first kappa shape index (κ1) is 15.3. The molecule has 112 valence electrons. The Bertz CT molecular complexity index is 460. The van der Waals surface area contributed by atoms with Crippen LogP contribution in [-0.4, -0.2) is 28.9 Å². The molecule has 6 heteroatoms. The zero-order chi connectivity index (χ0) is 15.0. The highest BCUT2D eigenvalue weighted by Crippen LogP contribution is 2.36. The molecule has 1 heterocycles. The number of aliphatic hydroxyl groups is 2. The van der Waals surface area contributed by atoms with Crippen LogP contribution in [0.5, 0.6) is 0 Å². The highest BCUT2D eigenvalue weighted by molar-refractivity contribution is 5.29. The molecule has 1 aromatic rings. The van der Waals surface area contributed by atoms with Gasteiger partial charge in [-0.25, -0.2) is 0 Å². The monoisotopic (exact) mass is 289 g/mol. The lowest BCUT2D eigenvalue weighted by atomic mass is 9.79. The number of piperidine rings is 1. The van der Waals surface area contributed by atoms with E-state index in [1.807, 2.05) is 6.92 Å². The van der Waals surface area contributed by atoms with E-state index in [1.165, 1.54) is 12.1 Å². The van der Waals surface area contributed by atoms with Crippen LogP contribution in [0, 0.1) is 0 Å². The molecule has 0 aromatic heterocycles. The first-order valence-corrected chi connectivity index (χ1v) is 6.51. The number of benzene rings is 1. The standard InChI is InChI=1S/C14H18F3NO2/c1-9-6-13(20,7-12(8-19)18-9)10-2-4-11(5-3-10)14(15,16)17/h2-5,9,12,18-20H,6-8H2,1H3. The van der Waals surface area contributed by atoms with Crippen molar-refractivity contribution in [1.82, 2.24) is 5.32 Å². The molecule has 0 radical (unpaired) electrons. The number of rotatable bonds is 2. The van der Waals surface area contributed by atoms with Gasteiger partial charge in [0, 0.05) is 12.1 Å². The number of halogens is 3. The molecular weight excluding hydrogens is 271 g/mol. The van der Waals surface area contributed by atoms with Crippen LogP contribution in [0.25, 0.3) is 0 Å². The van der Waals surface area contributed by atoms with E-state index in [9.17, 15) is 23.4 Å². The molecule has 1 fully saturated rings. The molecule has 0 bridgehead atoms. The number of nitrogens with one attached hydrogen (secondary N) is 1. The lowest BCUT2D eigenvalue weighted by Gasteiger charge is -2.41. The zero-order valence-corrected chi connectivity index (χ0v) is 11.1. The van der Waals surface area contributed by atoms with Crippen LogP contribution in [0.4, 0.5) is 13.2 Å². The summed E-state index contributed by atoms with van der Waals surface area (Å²) in [4.78, 5) is 0. The second kappa shape index (κ2) is 5.35. The van der Waals surface area contributed by atoms with Gasteiger partial charge in [0.25, 0.3) is 0 Å². The van der Waals surface area contributed by atoms with Crippen LogP contribution >= 0.6 is 0 Å². The van der Waals surface area contributed by atoms with Crippen LogP contribution in [0.3, 0.4) is 0 Å². The summed E-state index contributed by atoms with van der Waals surface area (Å²) >= 11 is 0. The fraction of sp³-hybridized carbons (Fsp3) is 0.571. The Kier molecular flexibility index (Phi) is 4.09. The number of hydrogen-bond donors (Lipinski definition) is 3. The van der Waals surface area contributed by atoms with Crippen LogP contribution in [0.2, 0.25) is 0 Å². The minimum Gasteiger partial charge on any atom is -0.395 e.